The van der Waals surface area contributed by atoms with Gasteiger partial charge in [0.05, 0.1) is 12.4 Å². The first-order chi connectivity index (χ1) is 17.6. The van der Waals surface area contributed by atoms with Crippen LogP contribution in [0.5, 0.6) is 0 Å². The highest BCUT2D eigenvalue weighted by molar-refractivity contribution is 7.99. The highest BCUT2D eigenvalue weighted by atomic mass is 32.2. The van der Waals surface area contributed by atoms with Gasteiger partial charge >= 0.3 is 11.1 Å². The van der Waals surface area contributed by atoms with Gasteiger partial charge in [0.1, 0.15) is 17.1 Å². The number of ether oxygens (including phenoxy) is 1. The summed E-state index contributed by atoms with van der Waals surface area (Å²) < 4.78 is 7.48. The molecular formula is C27H24N3O3S3+. The summed E-state index contributed by atoms with van der Waals surface area (Å²) >= 11 is 4.32. The number of hydrogen-bond acceptors (Lipinski definition) is 6. The van der Waals surface area contributed by atoms with Gasteiger partial charge in [0.15, 0.2) is 11.0 Å². The van der Waals surface area contributed by atoms with Crippen LogP contribution in [0.15, 0.2) is 82.6 Å². The molecule has 0 saturated heterocycles. The van der Waals surface area contributed by atoms with Gasteiger partial charge in [0.25, 0.3) is 0 Å². The first kappa shape index (κ1) is 24.3. The van der Waals surface area contributed by atoms with Crippen LogP contribution in [0.25, 0.3) is 21.5 Å². The molecule has 5 aromatic rings. The normalized spacial score (nSPS) is 11.0. The predicted octanol–water partition coefficient (Wildman–Crippen LogP) is 6.20. The summed E-state index contributed by atoms with van der Waals surface area (Å²) in [7, 11) is 0. The maximum atomic E-state index is 13.0. The van der Waals surface area contributed by atoms with E-state index in [-0.39, 0.29) is 18.3 Å². The van der Waals surface area contributed by atoms with E-state index in [1.807, 2.05) is 59.3 Å². The maximum Gasteiger partial charge on any atom is 0.341 e. The van der Waals surface area contributed by atoms with Crippen LogP contribution in [0, 0.1) is 0 Å². The third kappa shape index (κ3) is 5.23. The van der Waals surface area contributed by atoms with Gasteiger partial charge in [0, 0.05) is 15.8 Å². The lowest BCUT2D eigenvalue weighted by Gasteiger charge is -2.08. The number of amides is 1. The number of aromatic amines is 1. The Morgan fingerprint density at radius 1 is 1.03 bits per heavy atom. The van der Waals surface area contributed by atoms with Crippen molar-refractivity contribution in [2.45, 2.75) is 18.6 Å². The monoisotopic (exact) mass is 534 g/mol. The summed E-state index contributed by atoms with van der Waals surface area (Å²) in [5.41, 5.74) is 4.46. The fraction of sp³-hybridized carbons (Fsp3) is 0.148. The summed E-state index contributed by atoms with van der Waals surface area (Å²) in [5.74, 6) is -0.424. The predicted molar refractivity (Wildman–Crippen MR) is 147 cm³/mol. The van der Waals surface area contributed by atoms with Crippen LogP contribution < -0.4 is 9.88 Å². The Morgan fingerprint density at radius 3 is 2.61 bits per heavy atom. The summed E-state index contributed by atoms with van der Waals surface area (Å²) in [6, 6.07) is 22.2. The van der Waals surface area contributed by atoms with Crippen LogP contribution in [0.1, 0.15) is 22.8 Å². The van der Waals surface area contributed by atoms with Crippen molar-refractivity contribution in [3.8, 4) is 10.4 Å². The quantitative estimate of drug-likeness (QED) is 0.134. The van der Waals surface area contributed by atoms with Crippen LogP contribution in [-0.4, -0.2) is 29.2 Å². The molecule has 1 amide bonds. The molecule has 182 valence electrons. The molecule has 2 aromatic carbocycles. The fourth-order valence-corrected chi connectivity index (χ4v) is 6.54. The Labute approximate surface area is 221 Å². The van der Waals surface area contributed by atoms with E-state index in [0.717, 1.165) is 26.6 Å². The van der Waals surface area contributed by atoms with Gasteiger partial charge in [-0.25, -0.2) is 14.3 Å². The van der Waals surface area contributed by atoms with Gasteiger partial charge in [-0.1, -0.05) is 48.5 Å². The molecule has 0 atom stereocenters. The number of fused-ring (bicyclic) bond motifs is 1. The van der Waals surface area contributed by atoms with E-state index < -0.39 is 5.97 Å². The van der Waals surface area contributed by atoms with Crippen molar-refractivity contribution in [1.29, 1.82) is 0 Å². The Bertz CT molecular complexity index is 1490. The average molecular weight is 535 g/mol. The number of thiophene rings is 2. The molecule has 6 nitrogen and oxygen atoms in total. The molecule has 9 heteroatoms. The number of nitrogens with zero attached hydrogens (tertiary/aromatic N) is 1. The van der Waals surface area contributed by atoms with Crippen molar-refractivity contribution >= 4 is 62.3 Å². The lowest BCUT2D eigenvalue weighted by Crippen LogP contribution is -2.35. The number of hydrogen-bond donors (Lipinski definition) is 2. The molecule has 3 aromatic heterocycles. The molecule has 0 aliphatic carbocycles. The minimum atomic E-state index is -0.429. The molecule has 0 fully saturated rings. The van der Waals surface area contributed by atoms with Crippen molar-refractivity contribution in [1.82, 2.24) is 4.98 Å². The number of thioether (sulfide) groups is 1. The number of nitrogens with one attached hydrogen (secondary N) is 2. The largest absolute Gasteiger partial charge is 0.462 e. The van der Waals surface area contributed by atoms with Crippen LogP contribution in [0.2, 0.25) is 0 Å². The number of imidazole rings is 1. The van der Waals surface area contributed by atoms with Crippen LogP contribution in [0.3, 0.4) is 0 Å². The van der Waals surface area contributed by atoms with Gasteiger partial charge in [0.2, 0.25) is 5.91 Å². The molecule has 0 saturated carbocycles. The van der Waals surface area contributed by atoms with E-state index in [4.69, 9.17) is 4.74 Å². The van der Waals surface area contributed by atoms with Crippen LogP contribution in [0.4, 0.5) is 5.00 Å². The van der Waals surface area contributed by atoms with Gasteiger partial charge < -0.3 is 10.1 Å². The van der Waals surface area contributed by atoms with E-state index in [1.54, 1.807) is 18.3 Å². The van der Waals surface area contributed by atoms with Gasteiger partial charge in [-0.3, -0.25) is 4.79 Å². The van der Waals surface area contributed by atoms with Gasteiger partial charge in [-0.2, -0.15) is 0 Å². The molecule has 0 spiro atoms. The summed E-state index contributed by atoms with van der Waals surface area (Å²) in [6.07, 6.45) is 0. The SMILES string of the molecule is CCOC(=O)c1c(-c2cccs2)csc1NC(=O)CSc1[nH]c2ccccc2[n+]1Cc1ccccc1. The number of rotatable bonds is 9. The Morgan fingerprint density at radius 2 is 1.83 bits per heavy atom. The number of aromatic nitrogens is 2. The molecule has 3 heterocycles. The Hall–Kier alpha value is -3.40. The molecule has 36 heavy (non-hydrogen) atoms. The molecule has 0 aliphatic heterocycles. The Kier molecular flexibility index (Phi) is 7.50. The number of carbonyl (C=O) groups is 2. The van der Waals surface area contributed by atoms with Crippen molar-refractivity contribution < 1.29 is 18.9 Å². The van der Waals surface area contributed by atoms with Crippen LogP contribution in [-0.2, 0) is 16.1 Å². The smallest absolute Gasteiger partial charge is 0.341 e. The zero-order chi connectivity index (χ0) is 24.9. The summed E-state index contributed by atoms with van der Waals surface area (Å²) in [4.78, 5) is 30.2. The maximum absolute atomic E-state index is 13.0. The van der Waals surface area contributed by atoms with E-state index in [0.29, 0.717) is 17.1 Å². The molecule has 0 radical (unpaired) electrons. The zero-order valence-corrected chi connectivity index (χ0v) is 22.0. The van der Waals surface area contributed by atoms with Crippen molar-refractivity contribution in [2.75, 3.05) is 17.7 Å². The first-order valence-corrected chi connectivity index (χ1v) is 14.2. The standard InChI is InChI=1S/C27H23N3O3S3/c1-2-33-26(32)24-19(22-13-8-14-34-22)16-35-25(24)29-23(31)17-36-27-28-20-11-6-7-12-21(20)30(27)15-18-9-4-3-5-10-18/h3-14,16H,2,15,17H2,1H3,(H,29,31,32)/p+1. The number of benzene rings is 2. The van der Waals surface area contributed by atoms with Gasteiger partial charge in [-0.05, 0) is 47.8 Å². The Balaban J connectivity index is 1.36. The number of H-pyrrole nitrogens is 1. The molecule has 0 unspecified atom stereocenters. The molecule has 0 bridgehead atoms. The van der Waals surface area contributed by atoms with Gasteiger partial charge in [-0.15, -0.1) is 22.7 Å². The number of carbonyl (C=O) groups excluding carboxylic acids is 2. The first-order valence-electron chi connectivity index (χ1n) is 11.4. The lowest BCUT2D eigenvalue weighted by molar-refractivity contribution is -0.700. The number of para-hydroxylation sites is 2. The van der Waals surface area contributed by atoms with E-state index in [2.05, 4.69) is 33.1 Å². The third-order valence-corrected chi connectivity index (χ3v) is 8.32. The average Bonchev–Trinajstić information content (AvgIpc) is 3.63. The van der Waals surface area contributed by atoms with E-state index in [1.165, 1.54) is 28.7 Å². The third-order valence-electron chi connectivity index (χ3n) is 5.52. The second-order valence-corrected chi connectivity index (χ2v) is 10.7. The molecule has 5 rings (SSSR count). The lowest BCUT2D eigenvalue weighted by atomic mass is 10.1. The fourth-order valence-electron chi connectivity index (χ4n) is 3.91. The zero-order valence-electron chi connectivity index (χ0n) is 19.5. The topological polar surface area (TPSA) is 75.1 Å². The van der Waals surface area contributed by atoms with Crippen molar-refractivity contribution in [3.05, 3.63) is 88.6 Å². The molecule has 2 N–H and O–H groups in total. The highest BCUT2D eigenvalue weighted by Crippen LogP contribution is 2.38. The second-order valence-electron chi connectivity index (χ2n) is 7.91. The minimum Gasteiger partial charge on any atom is -0.462 e. The van der Waals surface area contributed by atoms with Crippen molar-refractivity contribution in [3.63, 3.8) is 0 Å². The number of anilines is 1. The highest BCUT2D eigenvalue weighted by Gasteiger charge is 2.25. The molecular weight excluding hydrogens is 511 g/mol. The van der Waals surface area contributed by atoms with Crippen LogP contribution >= 0.6 is 34.4 Å². The van der Waals surface area contributed by atoms with E-state index in [9.17, 15) is 9.59 Å². The van der Waals surface area contributed by atoms with E-state index >= 15 is 0 Å². The second kappa shape index (κ2) is 11.1. The van der Waals surface area contributed by atoms with Crippen molar-refractivity contribution in [2.24, 2.45) is 0 Å². The number of esters is 1. The minimum absolute atomic E-state index is 0.185. The summed E-state index contributed by atoms with van der Waals surface area (Å²) in [5, 5.41) is 8.21. The summed E-state index contributed by atoms with van der Waals surface area (Å²) in [6.45, 7) is 2.73. The molecule has 0 aliphatic rings.